The third-order valence-electron chi connectivity index (χ3n) is 4.43. The summed E-state index contributed by atoms with van der Waals surface area (Å²) in [6.45, 7) is 5.49. The van der Waals surface area contributed by atoms with Gasteiger partial charge in [-0.3, -0.25) is 4.79 Å². The van der Waals surface area contributed by atoms with Gasteiger partial charge in [-0.15, -0.1) is 17.9 Å². The standard InChI is InChI=1S/C19H21ClN2O3S2/c1-2-9-21(14-15-6-5-12-26-15)19(23)17-13-16(7-8-18(17)20)27(24,25)22-10-3-4-11-22/h2,5-8,12-13H,1,3-4,9-11,14H2. The van der Waals surface area contributed by atoms with Crippen molar-refractivity contribution in [3.63, 3.8) is 0 Å². The lowest BCUT2D eigenvalue weighted by atomic mass is 10.2. The first-order valence-electron chi connectivity index (χ1n) is 8.65. The number of sulfonamides is 1. The fraction of sp³-hybridized carbons (Fsp3) is 0.316. The van der Waals surface area contributed by atoms with E-state index in [2.05, 4.69) is 6.58 Å². The quantitative estimate of drug-likeness (QED) is 0.631. The van der Waals surface area contributed by atoms with E-state index in [-0.39, 0.29) is 21.4 Å². The Morgan fingerprint density at radius 2 is 2.04 bits per heavy atom. The number of thiophene rings is 1. The Morgan fingerprint density at radius 1 is 1.30 bits per heavy atom. The molecular weight excluding hydrogens is 404 g/mol. The molecule has 2 heterocycles. The molecule has 1 aliphatic heterocycles. The van der Waals surface area contributed by atoms with Crippen LogP contribution in [0, 0.1) is 0 Å². The molecule has 8 heteroatoms. The summed E-state index contributed by atoms with van der Waals surface area (Å²) in [7, 11) is -3.61. The van der Waals surface area contributed by atoms with Crippen LogP contribution in [-0.2, 0) is 16.6 Å². The van der Waals surface area contributed by atoms with Crippen molar-refractivity contribution in [3.05, 3.63) is 63.8 Å². The molecule has 1 saturated heterocycles. The topological polar surface area (TPSA) is 57.7 Å². The van der Waals surface area contributed by atoms with Gasteiger partial charge in [-0.05, 0) is 42.5 Å². The SMILES string of the molecule is C=CCN(Cc1cccs1)C(=O)c1cc(S(=O)(=O)N2CCCC2)ccc1Cl. The van der Waals surface area contributed by atoms with E-state index in [4.69, 9.17) is 11.6 Å². The Bertz CT molecular complexity index is 920. The van der Waals surface area contributed by atoms with Crippen LogP contribution < -0.4 is 0 Å². The van der Waals surface area contributed by atoms with Gasteiger partial charge < -0.3 is 4.90 Å². The maximum atomic E-state index is 13.1. The molecule has 0 aliphatic carbocycles. The number of amides is 1. The van der Waals surface area contributed by atoms with Gasteiger partial charge in [0.2, 0.25) is 10.0 Å². The minimum absolute atomic E-state index is 0.104. The smallest absolute Gasteiger partial charge is 0.256 e. The Kier molecular flexibility index (Phi) is 6.37. The van der Waals surface area contributed by atoms with Crippen molar-refractivity contribution >= 4 is 38.9 Å². The average molecular weight is 425 g/mol. The summed E-state index contributed by atoms with van der Waals surface area (Å²) in [5.74, 6) is -0.313. The number of carbonyl (C=O) groups is 1. The first kappa shape index (κ1) is 20.1. The summed E-state index contributed by atoms with van der Waals surface area (Å²) in [6.07, 6.45) is 3.35. The second-order valence-corrected chi connectivity index (χ2v) is 9.68. The van der Waals surface area contributed by atoms with E-state index in [1.165, 1.54) is 22.5 Å². The second kappa shape index (κ2) is 8.56. The number of benzene rings is 1. The highest BCUT2D eigenvalue weighted by molar-refractivity contribution is 7.89. The fourth-order valence-corrected chi connectivity index (χ4v) is 5.50. The number of nitrogens with zero attached hydrogens (tertiary/aromatic N) is 2. The summed E-state index contributed by atoms with van der Waals surface area (Å²) in [5, 5.41) is 2.18. The molecular formula is C19H21ClN2O3S2. The van der Waals surface area contributed by atoms with E-state index < -0.39 is 10.0 Å². The molecule has 0 N–H and O–H groups in total. The molecule has 5 nitrogen and oxygen atoms in total. The van der Waals surface area contributed by atoms with E-state index in [0.717, 1.165) is 17.7 Å². The van der Waals surface area contributed by atoms with Crippen molar-refractivity contribution in [2.24, 2.45) is 0 Å². The van der Waals surface area contributed by atoms with Crippen LogP contribution in [0.25, 0.3) is 0 Å². The highest BCUT2D eigenvalue weighted by atomic mass is 35.5. The third-order valence-corrected chi connectivity index (χ3v) is 7.52. The summed E-state index contributed by atoms with van der Waals surface area (Å²) in [6, 6.07) is 8.21. The molecule has 1 fully saturated rings. The molecule has 2 aromatic rings. The Hall–Kier alpha value is -1.67. The maximum Gasteiger partial charge on any atom is 0.256 e. The van der Waals surface area contributed by atoms with Crippen molar-refractivity contribution in [1.29, 1.82) is 0 Å². The Morgan fingerprint density at radius 3 is 2.67 bits per heavy atom. The molecule has 144 valence electrons. The van der Waals surface area contributed by atoms with Gasteiger partial charge in [0.15, 0.2) is 0 Å². The molecule has 0 bridgehead atoms. The van der Waals surface area contributed by atoms with Gasteiger partial charge in [0.25, 0.3) is 5.91 Å². The zero-order chi connectivity index (χ0) is 19.4. The number of halogens is 1. The predicted octanol–water partition coefficient (Wildman–Crippen LogP) is 4.01. The van der Waals surface area contributed by atoms with Crippen LogP contribution in [-0.4, -0.2) is 43.2 Å². The zero-order valence-electron chi connectivity index (χ0n) is 14.8. The molecule has 1 aromatic heterocycles. The lowest BCUT2D eigenvalue weighted by Crippen LogP contribution is -2.31. The lowest BCUT2D eigenvalue weighted by Gasteiger charge is -2.22. The monoisotopic (exact) mass is 424 g/mol. The van der Waals surface area contributed by atoms with Gasteiger partial charge in [0, 0.05) is 24.5 Å². The van der Waals surface area contributed by atoms with Crippen LogP contribution in [0.3, 0.4) is 0 Å². The summed E-state index contributed by atoms with van der Waals surface area (Å²) in [5.41, 5.74) is 0.190. The molecule has 1 aliphatic rings. The average Bonchev–Trinajstić information content (AvgIpc) is 3.35. The zero-order valence-corrected chi connectivity index (χ0v) is 17.2. The predicted molar refractivity (Wildman–Crippen MR) is 109 cm³/mol. The Labute approximate surface area is 168 Å². The van der Waals surface area contributed by atoms with Crippen molar-refractivity contribution in [2.45, 2.75) is 24.3 Å². The minimum atomic E-state index is -3.61. The second-order valence-electron chi connectivity index (χ2n) is 6.31. The minimum Gasteiger partial charge on any atom is -0.330 e. The fourth-order valence-electron chi connectivity index (χ4n) is 3.04. The number of carbonyl (C=O) groups excluding carboxylic acids is 1. The van der Waals surface area contributed by atoms with Crippen LogP contribution in [0.4, 0.5) is 0 Å². The van der Waals surface area contributed by atoms with Crippen molar-refractivity contribution in [1.82, 2.24) is 9.21 Å². The van der Waals surface area contributed by atoms with E-state index >= 15 is 0 Å². The molecule has 3 rings (SSSR count). The van der Waals surface area contributed by atoms with E-state index in [9.17, 15) is 13.2 Å². The lowest BCUT2D eigenvalue weighted by molar-refractivity contribution is 0.0764. The van der Waals surface area contributed by atoms with Gasteiger partial charge in [0.1, 0.15) is 0 Å². The van der Waals surface area contributed by atoms with Gasteiger partial charge in [-0.2, -0.15) is 4.31 Å². The summed E-state index contributed by atoms with van der Waals surface area (Å²) < 4.78 is 27.1. The van der Waals surface area contributed by atoms with Gasteiger partial charge in [0.05, 0.1) is 22.0 Å². The molecule has 1 amide bonds. The van der Waals surface area contributed by atoms with Crippen LogP contribution in [0.5, 0.6) is 0 Å². The van der Waals surface area contributed by atoms with Gasteiger partial charge in [-0.25, -0.2) is 8.42 Å². The number of rotatable bonds is 7. The molecule has 0 unspecified atom stereocenters. The van der Waals surface area contributed by atoms with Crippen molar-refractivity contribution in [2.75, 3.05) is 19.6 Å². The third kappa shape index (κ3) is 4.43. The molecule has 0 atom stereocenters. The van der Waals surface area contributed by atoms with Crippen molar-refractivity contribution < 1.29 is 13.2 Å². The molecule has 1 aromatic carbocycles. The van der Waals surface area contributed by atoms with E-state index in [1.807, 2.05) is 17.5 Å². The molecule has 0 saturated carbocycles. The van der Waals surface area contributed by atoms with Crippen molar-refractivity contribution in [3.8, 4) is 0 Å². The highest BCUT2D eigenvalue weighted by Crippen LogP contribution is 2.27. The van der Waals surface area contributed by atoms with Crippen LogP contribution in [0.1, 0.15) is 28.1 Å². The van der Waals surface area contributed by atoms with Gasteiger partial charge >= 0.3 is 0 Å². The highest BCUT2D eigenvalue weighted by Gasteiger charge is 2.29. The Balaban J connectivity index is 1.92. The maximum absolute atomic E-state index is 13.1. The first-order chi connectivity index (χ1) is 12.9. The van der Waals surface area contributed by atoms with Crippen LogP contribution >= 0.6 is 22.9 Å². The molecule has 0 spiro atoms. The number of hydrogen-bond donors (Lipinski definition) is 0. The van der Waals surface area contributed by atoms with Crippen LogP contribution in [0.2, 0.25) is 5.02 Å². The normalized spacial score (nSPS) is 15.0. The van der Waals surface area contributed by atoms with Gasteiger partial charge in [-0.1, -0.05) is 23.7 Å². The summed E-state index contributed by atoms with van der Waals surface area (Å²) >= 11 is 7.80. The largest absolute Gasteiger partial charge is 0.330 e. The van der Waals surface area contributed by atoms with E-state index in [0.29, 0.717) is 26.2 Å². The summed E-state index contributed by atoms with van der Waals surface area (Å²) in [4.78, 5) is 15.8. The van der Waals surface area contributed by atoms with E-state index in [1.54, 1.807) is 22.3 Å². The molecule has 0 radical (unpaired) electrons. The molecule has 27 heavy (non-hydrogen) atoms. The van der Waals surface area contributed by atoms with Crippen LogP contribution in [0.15, 0.2) is 53.3 Å². The number of hydrogen-bond acceptors (Lipinski definition) is 4. The first-order valence-corrected chi connectivity index (χ1v) is 11.4.